The molecule has 0 saturated carbocycles. The molecule has 2 heterocycles. The average molecular weight is 315 g/mol. The molecule has 0 bridgehead atoms. The minimum absolute atomic E-state index is 0.244. The molecule has 5 nitrogen and oxygen atoms in total. The molecule has 22 heavy (non-hydrogen) atoms. The van der Waals surface area contributed by atoms with Gasteiger partial charge < -0.3 is 15.0 Å². The van der Waals surface area contributed by atoms with Crippen LogP contribution in [0.15, 0.2) is 54.9 Å². The van der Waals surface area contributed by atoms with Gasteiger partial charge in [-0.25, -0.2) is 9.78 Å². The fourth-order valence-electron chi connectivity index (χ4n) is 2.12. The number of carbonyl (C=O) groups is 1. The number of aromatic nitrogens is 2. The monoisotopic (exact) mass is 314 g/mol. The summed E-state index contributed by atoms with van der Waals surface area (Å²) in [4.78, 5) is 16.3. The number of nitrogens with one attached hydrogen (secondary N) is 2. The maximum atomic E-state index is 11.8. The number of carbonyl (C=O) groups excluding carboxylic acids is 1. The van der Waals surface area contributed by atoms with E-state index in [1.807, 2.05) is 35.0 Å². The van der Waals surface area contributed by atoms with E-state index < -0.39 is 0 Å². The number of rotatable bonds is 4. The minimum atomic E-state index is -0.244. The van der Waals surface area contributed by atoms with E-state index >= 15 is 0 Å². The van der Waals surface area contributed by atoms with Gasteiger partial charge in [-0.2, -0.15) is 0 Å². The second-order valence-corrected chi connectivity index (χ2v) is 5.27. The van der Waals surface area contributed by atoms with Crippen LogP contribution >= 0.6 is 11.6 Å². The van der Waals surface area contributed by atoms with Gasteiger partial charge in [0.1, 0.15) is 5.65 Å². The first-order valence-electron chi connectivity index (χ1n) is 6.94. The van der Waals surface area contributed by atoms with Crippen LogP contribution in [-0.4, -0.2) is 22.0 Å². The molecule has 0 aliphatic carbocycles. The van der Waals surface area contributed by atoms with Crippen molar-refractivity contribution in [1.29, 1.82) is 0 Å². The molecule has 0 unspecified atom stereocenters. The second-order valence-electron chi connectivity index (χ2n) is 4.84. The van der Waals surface area contributed by atoms with Gasteiger partial charge in [-0.3, -0.25) is 0 Å². The van der Waals surface area contributed by atoms with Crippen LogP contribution in [0, 0.1) is 0 Å². The first kappa shape index (κ1) is 14.4. The number of imidazole rings is 1. The first-order valence-corrected chi connectivity index (χ1v) is 7.31. The van der Waals surface area contributed by atoms with Gasteiger partial charge in [-0.15, -0.1) is 0 Å². The Morgan fingerprint density at radius 1 is 1.18 bits per heavy atom. The van der Waals surface area contributed by atoms with Gasteiger partial charge in [-0.05, 0) is 36.4 Å². The van der Waals surface area contributed by atoms with Crippen molar-refractivity contribution < 1.29 is 4.79 Å². The Labute approximate surface area is 132 Å². The third-order valence-corrected chi connectivity index (χ3v) is 3.43. The van der Waals surface area contributed by atoms with Gasteiger partial charge >= 0.3 is 6.03 Å². The molecule has 0 aliphatic rings. The van der Waals surface area contributed by atoms with Gasteiger partial charge in [0.25, 0.3) is 0 Å². The normalized spacial score (nSPS) is 10.6. The molecule has 0 spiro atoms. The van der Waals surface area contributed by atoms with Crippen LogP contribution in [0.3, 0.4) is 0 Å². The summed E-state index contributed by atoms with van der Waals surface area (Å²) >= 11 is 5.80. The molecule has 2 aromatic heterocycles. The number of anilines is 1. The molecule has 1 aromatic carbocycles. The topological polar surface area (TPSA) is 58.4 Å². The predicted molar refractivity (Wildman–Crippen MR) is 87.4 cm³/mol. The Balaban J connectivity index is 1.49. The largest absolute Gasteiger partial charge is 0.337 e. The van der Waals surface area contributed by atoms with Crippen molar-refractivity contribution in [3.8, 4) is 0 Å². The fraction of sp³-hybridized carbons (Fsp3) is 0.125. The highest BCUT2D eigenvalue weighted by molar-refractivity contribution is 6.30. The molecular formula is C16H15ClN4O. The maximum absolute atomic E-state index is 11.8. The fourth-order valence-corrected chi connectivity index (χ4v) is 2.25. The van der Waals surface area contributed by atoms with Crippen LogP contribution in [-0.2, 0) is 6.42 Å². The standard InChI is InChI=1S/C16H15ClN4O/c17-12-4-6-13(7-5-12)20-16(22)18-9-8-14-11-21-10-2-1-3-15(21)19-14/h1-7,10-11H,8-9H2,(H2,18,20,22). The second kappa shape index (κ2) is 6.49. The molecule has 0 saturated heterocycles. The van der Waals surface area contributed by atoms with E-state index in [2.05, 4.69) is 15.6 Å². The summed E-state index contributed by atoms with van der Waals surface area (Å²) in [5.74, 6) is 0. The van der Waals surface area contributed by atoms with E-state index in [1.165, 1.54) is 0 Å². The molecule has 3 rings (SSSR count). The molecule has 2 amide bonds. The SMILES string of the molecule is O=C(NCCc1cn2ccccc2n1)Nc1ccc(Cl)cc1. The lowest BCUT2D eigenvalue weighted by Crippen LogP contribution is -2.30. The van der Waals surface area contributed by atoms with Crippen molar-refractivity contribution in [3.05, 3.63) is 65.6 Å². The van der Waals surface area contributed by atoms with E-state index in [0.29, 0.717) is 23.7 Å². The van der Waals surface area contributed by atoms with Crippen molar-refractivity contribution in [3.63, 3.8) is 0 Å². The number of hydrogen-bond donors (Lipinski definition) is 2. The highest BCUT2D eigenvalue weighted by atomic mass is 35.5. The van der Waals surface area contributed by atoms with Crippen molar-refractivity contribution in [2.45, 2.75) is 6.42 Å². The molecular weight excluding hydrogens is 300 g/mol. The Hall–Kier alpha value is -2.53. The van der Waals surface area contributed by atoms with Gasteiger partial charge in [0, 0.05) is 36.1 Å². The Bertz CT molecular complexity index is 749. The van der Waals surface area contributed by atoms with Crippen LogP contribution in [0.2, 0.25) is 5.02 Å². The Morgan fingerprint density at radius 3 is 2.77 bits per heavy atom. The van der Waals surface area contributed by atoms with Crippen LogP contribution in [0.4, 0.5) is 10.5 Å². The molecule has 0 radical (unpaired) electrons. The molecule has 3 aromatic rings. The summed E-state index contributed by atoms with van der Waals surface area (Å²) in [5, 5.41) is 6.19. The van der Waals surface area contributed by atoms with Crippen molar-refractivity contribution in [2.75, 3.05) is 11.9 Å². The third kappa shape index (κ3) is 3.56. The lowest BCUT2D eigenvalue weighted by Gasteiger charge is -2.06. The Morgan fingerprint density at radius 2 is 2.00 bits per heavy atom. The predicted octanol–water partition coefficient (Wildman–Crippen LogP) is 3.35. The van der Waals surface area contributed by atoms with Gasteiger partial charge in [0.2, 0.25) is 0 Å². The van der Waals surface area contributed by atoms with Crippen LogP contribution in [0.25, 0.3) is 5.65 Å². The number of amides is 2. The van der Waals surface area contributed by atoms with E-state index in [4.69, 9.17) is 11.6 Å². The van der Waals surface area contributed by atoms with Crippen molar-refractivity contribution in [2.24, 2.45) is 0 Å². The van der Waals surface area contributed by atoms with Crippen molar-refractivity contribution in [1.82, 2.24) is 14.7 Å². The van der Waals surface area contributed by atoms with E-state index in [9.17, 15) is 4.79 Å². The number of benzene rings is 1. The van der Waals surface area contributed by atoms with Gasteiger partial charge in [0.15, 0.2) is 0 Å². The van der Waals surface area contributed by atoms with Crippen molar-refractivity contribution >= 4 is 29.0 Å². The Kier molecular flexibility index (Phi) is 4.25. The molecule has 112 valence electrons. The number of halogens is 1. The summed E-state index contributed by atoms with van der Waals surface area (Å²) in [6.07, 6.45) is 4.59. The zero-order valence-electron chi connectivity index (χ0n) is 11.8. The quantitative estimate of drug-likeness (QED) is 0.776. The van der Waals surface area contributed by atoms with E-state index in [-0.39, 0.29) is 6.03 Å². The summed E-state index contributed by atoms with van der Waals surface area (Å²) in [6.45, 7) is 0.517. The summed E-state index contributed by atoms with van der Waals surface area (Å²) in [6, 6.07) is 12.6. The zero-order chi connectivity index (χ0) is 15.4. The summed E-state index contributed by atoms with van der Waals surface area (Å²) in [5.41, 5.74) is 2.55. The smallest absolute Gasteiger partial charge is 0.319 e. The number of urea groups is 1. The van der Waals surface area contributed by atoms with Crippen LogP contribution < -0.4 is 10.6 Å². The molecule has 0 fully saturated rings. The lowest BCUT2D eigenvalue weighted by molar-refractivity contribution is 0.252. The molecule has 2 N–H and O–H groups in total. The van der Waals surface area contributed by atoms with Gasteiger partial charge in [-0.1, -0.05) is 17.7 Å². The first-order chi connectivity index (χ1) is 10.7. The third-order valence-electron chi connectivity index (χ3n) is 3.18. The zero-order valence-corrected chi connectivity index (χ0v) is 12.5. The summed E-state index contributed by atoms with van der Waals surface area (Å²) in [7, 11) is 0. The molecule has 0 atom stereocenters. The van der Waals surface area contributed by atoms with Crippen LogP contribution in [0.5, 0.6) is 0 Å². The average Bonchev–Trinajstić information content (AvgIpc) is 2.92. The van der Waals surface area contributed by atoms with Crippen LogP contribution in [0.1, 0.15) is 5.69 Å². The maximum Gasteiger partial charge on any atom is 0.319 e. The number of hydrogen-bond acceptors (Lipinski definition) is 2. The van der Waals surface area contributed by atoms with Gasteiger partial charge in [0.05, 0.1) is 5.69 Å². The minimum Gasteiger partial charge on any atom is -0.337 e. The molecule has 0 aliphatic heterocycles. The number of nitrogens with zero attached hydrogens (tertiary/aromatic N) is 2. The highest BCUT2D eigenvalue weighted by Gasteiger charge is 2.03. The lowest BCUT2D eigenvalue weighted by atomic mass is 10.3. The molecule has 6 heteroatoms. The highest BCUT2D eigenvalue weighted by Crippen LogP contribution is 2.13. The number of fused-ring (bicyclic) bond motifs is 1. The summed E-state index contributed by atoms with van der Waals surface area (Å²) < 4.78 is 1.96. The van der Waals surface area contributed by atoms with E-state index in [0.717, 1.165) is 11.3 Å². The number of pyridine rings is 1. The van der Waals surface area contributed by atoms with E-state index in [1.54, 1.807) is 24.3 Å².